The van der Waals surface area contributed by atoms with E-state index >= 15 is 0 Å². The van der Waals surface area contributed by atoms with Gasteiger partial charge in [-0.05, 0) is 24.8 Å². The van der Waals surface area contributed by atoms with Gasteiger partial charge in [0.25, 0.3) is 0 Å². The number of nitrogens with zero attached hydrogens (tertiary/aromatic N) is 3. The van der Waals surface area contributed by atoms with Crippen molar-refractivity contribution in [3.63, 3.8) is 0 Å². The van der Waals surface area contributed by atoms with Crippen LogP contribution in [0.1, 0.15) is 51.1 Å². The van der Waals surface area contributed by atoms with Crippen molar-refractivity contribution in [1.82, 2.24) is 14.6 Å². The molecule has 0 spiro atoms. The molecule has 0 bridgehead atoms. The first-order valence-corrected chi connectivity index (χ1v) is 7.94. The third-order valence-corrected chi connectivity index (χ3v) is 4.05. The summed E-state index contributed by atoms with van der Waals surface area (Å²) in [6.45, 7) is 5.82. The van der Waals surface area contributed by atoms with Crippen LogP contribution in [0.4, 0.5) is 5.82 Å². The Morgan fingerprint density at radius 1 is 1.38 bits per heavy atom. The van der Waals surface area contributed by atoms with Gasteiger partial charge in [0.15, 0.2) is 5.82 Å². The second kappa shape index (κ2) is 6.43. The maximum Gasteiger partial charge on any atom is 0.152 e. The zero-order valence-electron chi connectivity index (χ0n) is 12.9. The van der Waals surface area contributed by atoms with E-state index in [1.807, 2.05) is 10.7 Å². The summed E-state index contributed by atoms with van der Waals surface area (Å²) in [5.74, 6) is 1.30. The van der Waals surface area contributed by atoms with Gasteiger partial charge in [-0.1, -0.05) is 26.7 Å². The van der Waals surface area contributed by atoms with Crippen molar-refractivity contribution < 1.29 is 4.74 Å². The minimum atomic E-state index is 0.420. The molecule has 2 aromatic heterocycles. The highest BCUT2D eigenvalue weighted by Crippen LogP contribution is 2.21. The molecule has 0 aromatic carbocycles. The van der Waals surface area contributed by atoms with E-state index in [4.69, 9.17) is 4.74 Å². The Balaban J connectivity index is 1.60. The number of ether oxygens (including phenoxy) is 1. The average molecular weight is 288 g/mol. The summed E-state index contributed by atoms with van der Waals surface area (Å²) in [6, 6.07) is 2.11. The van der Waals surface area contributed by atoms with E-state index < -0.39 is 0 Å². The fraction of sp³-hybridized carbons (Fsp3) is 0.625. The number of rotatable bonds is 6. The first-order valence-electron chi connectivity index (χ1n) is 7.94. The van der Waals surface area contributed by atoms with Gasteiger partial charge in [0, 0.05) is 18.9 Å². The van der Waals surface area contributed by atoms with E-state index in [2.05, 4.69) is 35.3 Å². The first kappa shape index (κ1) is 14.3. The van der Waals surface area contributed by atoms with Crippen molar-refractivity contribution in [2.45, 2.75) is 51.6 Å². The number of fused-ring (bicyclic) bond motifs is 1. The molecule has 2 aromatic rings. The van der Waals surface area contributed by atoms with Gasteiger partial charge in [-0.15, -0.1) is 0 Å². The van der Waals surface area contributed by atoms with Gasteiger partial charge in [-0.3, -0.25) is 0 Å². The lowest BCUT2D eigenvalue weighted by atomic mass is 10.1. The molecule has 0 aliphatic heterocycles. The summed E-state index contributed by atoms with van der Waals surface area (Å²) in [5.41, 5.74) is 2.12. The molecule has 0 amide bonds. The van der Waals surface area contributed by atoms with Crippen LogP contribution in [-0.4, -0.2) is 33.9 Å². The largest absolute Gasteiger partial charge is 0.376 e. The molecule has 21 heavy (non-hydrogen) atoms. The van der Waals surface area contributed by atoms with E-state index in [1.165, 1.54) is 25.7 Å². The molecule has 0 radical (unpaired) electrons. The third-order valence-electron chi connectivity index (χ3n) is 4.05. The van der Waals surface area contributed by atoms with E-state index in [1.54, 1.807) is 6.20 Å². The number of aromatic nitrogens is 3. The SMILES string of the molecule is CC(C)c1cc2c(NCCOC3CCCC3)nccn2n1. The molecule has 5 heteroatoms. The van der Waals surface area contributed by atoms with Crippen molar-refractivity contribution in [2.75, 3.05) is 18.5 Å². The lowest BCUT2D eigenvalue weighted by molar-refractivity contribution is 0.0659. The molecular formula is C16H24N4O. The topological polar surface area (TPSA) is 51.5 Å². The van der Waals surface area contributed by atoms with Crippen molar-refractivity contribution in [3.05, 3.63) is 24.2 Å². The molecule has 0 unspecified atom stereocenters. The summed E-state index contributed by atoms with van der Waals surface area (Å²) in [5, 5.41) is 7.94. The van der Waals surface area contributed by atoms with Crippen LogP contribution in [0.25, 0.3) is 5.52 Å². The average Bonchev–Trinajstić information content (AvgIpc) is 3.12. The van der Waals surface area contributed by atoms with E-state index in [0.29, 0.717) is 12.0 Å². The molecule has 1 aliphatic carbocycles. The van der Waals surface area contributed by atoms with Crippen LogP contribution < -0.4 is 5.32 Å². The first-order chi connectivity index (χ1) is 10.2. The van der Waals surface area contributed by atoms with Crippen LogP contribution >= 0.6 is 0 Å². The highest BCUT2D eigenvalue weighted by molar-refractivity contribution is 5.67. The normalized spacial score (nSPS) is 16.1. The minimum absolute atomic E-state index is 0.420. The van der Waals surface area contributed by atoms with Crippen molar-refractivity contribution in [3.8, 4) is 0 Å². The second-order valence-corrected chi connectivity index (χ2v) is 6.03. The third kappa shape index (κ3) is 3.35. The smallest absolute Gasteiger partial charge is 0.152 e. The number of nitrogens with one attached hydrogen (secondary N) is 1. The minimum Gasteiger partial charge on any atom is -0.376 e. The Bertz CT molecular complexity index is 587. The molecule has 1 fully saturated rings. The van der Waals surface area contributed by atoms with E-state index in [9.17, 15) is 0 Å². The Labute approximate surface area is 125 Å². The Morgan fingerprint density at radius 3 is 2.95 bits per heavy atom. The predicted octanol–water partition coefficient (Wildman–Crippen LogP) is 3.22. The summed E-state index contributed by atoms with van der Waals surface area (Å²) >= 11 is 0. The Hall–Kier alpha value is -1.62. The molecule has 2 heterocycles. The molecule has 3 rings (SSSR count). The molecule has 0 atom stereocenters. The van der Waals surface area contributed by atoms with Crippen molar-refractivity contribution >= 4 is 11.3 Å². The quantitative estimate of drug-likeness (QED) is 0.829. The van der Waals surface area contributed by atoms with E-state index in [-0.39, 0.29) is 0 Å². The maximum absolute atomic E-state index is 5.87. The van der Waals surface area contributed by atoms with Gasteiger partial charge in [0.2, 0.25) is 0 Å². The van der Waals surface area contributed by atoms with Gasteiger partial charge < -0.3 is 10.1 Å². The van der Waals surface area contributed by atoms with Gasteiger partial charge in [0.1, 0.15) is 5.52 Å². The lowest BCUT2D eigenvalue weighted by Crippen LogP contribution is -2.16. The summed E-state index contributed by atoms with van der Waals surface area (Å²) in [4.78, 5) is 4.42. The second-order valence-electron chi connectivity index (χ2n) is 6.03. The Kier molecular flexibility index (Phi) is 4.39. The van der Waals surface area contributed by atoms with Crippen LogP contribution in [0, 0.1) is 0 Å². The number of anilines is 1. The maximum atomic E-state index is 5.87. The zero-order chi connectivity index (χ0) is 14.7. The summed E-state index contributed by atoms with van der Waals surface area (Å²) < 4.78 is 7.76. The van der Waals surface area contributed by atoms with Crippen LogP contribution in [-0.2, 0) is 4.74 Å². The molecule has 5 nitrogen and oxygen atoms in total. The summed E-state index contributed by atoms with van der Waals surface area (Å²) in [7, 11) is 0. The lowest BCUT2D eigenvalue weighted by Gasteiger charge is -2.12. The molecule has 1 aliphatic rings. The van der Waals surface area contributed by atoms with Gasteiger partial charge >= 0.3 is 0 Å². The standard InChI is InChI=1S/C16H24N4O/c1-12(2)14-11-15-16(17-7-9-20(15)19-14)18-8-10-21-13-5-3-4-6-13/h7,9,11-13H,3-6,8,10H2,1-2H3,(H,17,18). The fourth-order valence-corrected chi connectivity index (χ4v) is 2.81. The fourth-order valence-electron chi connectivity index (χ4n) is 2.81. The highest BCUT2D eigenvalue weighted by atomic mass is 16.5. The molecular weight excluding hydrogens is 264 g/mol. The van der Waals surface area contributed by atoms with Gasteiger partial charge in [-0.2, -0.15) is 5.10 Å². The summed E-state index contributed by atoms with van der Waals surface area (Å²) in [6.07, 6.45) is 9.20. The molecule has 114 valence electrons. The van der Waals surface area contributed by atoms with Crippen LogP contribution in [0.3, 0.4) is 0 Å². The monoisotopic (exact) mass is 288 g/mol. The highest BCUT2D eigenvalue weighted by Gasteiger charge is 2.15. The zero-order valence-corrected chi connectivity index (χ0v) is 12.9. The van der Waals surface area contributed by atoms with Crippen LogP contribution in [0.5, 0.6) is 0 Å². The van der Waals surface area contributed by atoms with E-state index in [0.717, 1.165) is 30.2 Å². The number of hydrogen-bond donors (Lipinski definition) is 1. The van der Waals surface area contributed by atoms with Crippen molar-refractivity contribution in [1.29, 1.82) is 0 Å². The molecule has 0 saturated heterocycles. The van der Waals surface area contributed by atoms with Crippen LogP contribution in [0.15, 0.2) is 18.5 Å². The van der Waals surface area contributed by atoms with Crippen LogP contribution in [0.2, 0.25) is 0 Å². The van der Waals surface area contributed by atoms with Crippen molar-refractivity contribution in [2.24, 2.45) is 0 Å². The molecule has 1 N–H and O–H groups in total. The number of hydrogen-bond acceptors (Lipinski definition) is 4. The molecule has 1 saturated carbocycles. The van der Waals surface area contributed by atoms with Gasteiger partial charge in [-0.25, -0.2) is 9.50 Å². The Morgan fingerprint density at radius 2 is 2.19 bits per heavy atom. The van der Waals surface area contributed by atoms with Gasteiger partial charge in [0.05, 0.1) is 18.4 Å². The predicted molar refractivity (Wildman–Crippen MR) is 83.8 cm³/mol.